The van der Waals surface area contributed by atoms with Crippen molar-refractivity contribution < 1.29 is 15.3 Å². The van der Waals surface area contributed by atoms with Crippen LogP contribution in [0.1, 0.15) is 24.4 Å². The van der Waals surface area contributed by atoms with E-state index in [-0.39, 0.29) is 24.1 Å². The van der Waals surface area contributed by atoms with Gasteiger partial charge in [0.15, 0.2) is 11.5 Å². The molecule has 78 valence electrons. The maximum absolute atomic E-state index is 9.22. The number of aromatic hydroxyl groups is 2. The van der Waals surface area contributed by atoms with Crippen molar-refractivity contribution in [2.75, 3.05) is 6.61 Å². The number of phenolic OH excluding ortho intramolecular Hbond substituents is 2. The fourth-order valence-electron chi connectivity index (χ4n) is 1.25. The second-order valence-electron chi connectivity index (χ2n) is 3.22. The van der Waals surface area contributed by atoms with Crippen LogP contribution in [-0.4, -0.2) is 21.9 Å². The van der Waals surface area contributed by atoms with Crippen molar-refractivity contribution in [2.45, 2.75) is 18.9 Å². The van der Waals surface area contributed by atoms with E-state index in [9.17, 15) is 5.11 Å². The minimum absolute atomic E-state index is 0.109. The summed E-state index contributed by atoms with van der Waals surface area (Å²) in [6.07, 6.45) is 1.28. The number of phenols is 2. The highest BCUT2D eigenvalue weighted by Gasteiger charge is 2.07. The molecule has 4 nitrogen and oxygen atoms in total. The van der Waals surface area contributed by atoms with Crippen LogP contribution in [0.15, 0.2) is 18.2 Å². The third-order valence-electron chi connectivity index (χ3n) is 2.10. The molecule has 0 radical (unpaired) electrons. The molecule has 0 aliphatic heterocycles. The molecule has 0 saturated heterocycles. The van der Waals surface area contributed by atoms with Crippen LogP contribution in [-0.2, 0) is 0 Å². The molecule has 0 spiro atoms. The van der Waals surface area contributed by atoms with Crippen LogP contribution in [0.25, 0.3) is 0 Å². The fourth-order valence-corrected chi connectivity index (χ4v) is 1.25. The third kappa shape index (κ3) is 2.61. The fraction of sp³-hybridized carbons (Fsp3) is 0.400. The summed E-state index contributed by atoms with van der Waals surface area (Å²) in [5, 5.41) is 26.9. The van der Waals surface area contributed by atoms with Gasteiger partial charge in [0.25, 0.3) is 0 Å². The van der Waals surface area contributed by atoms with Gasteiger partial charge in [-0.3, -0.25) is 0 Å². The lowest BCUT2D eigenvalue weighted by atomic mass is 10.0. The van der Waals surface area contributed by atoms with Gasteiger partial charge in [0.05, 0.1) is 0 Å². The summed E-state index contributed by atoms with van der Waals surface area (Å²) in [6, 6.07) is 4.30. The van der Waals surface area contributed by atoms with Crippen LogP contribution in [0.4, 0.5) is 0 Å². The molecule has 0 saturated carbocycles. The summed E-state index contributed by atoms with van der Waals surface area (Å²) >= 11 is 0. The standard InChI is InChI=1S/C10H15NO3/c11-8(2-1-5-12)7-3-4-9(13)10(14)6-7/h3-4,6,8,12-14H,1-2,5,11H2/t8-/m0/s1. The Bertz CT molecular complexity index is 301. The molecule has 0 amide bonds. The van der Waals surface area contributed by atoms with Crippen LogP contribution in [0.5, 0.6) is 11.5 Å². The van der Waals surface area contributed by atoms with Crippen molar-refractivity contribution in [2.24, 2.45) is 5.73 Å². The third-order valence-corrected chi connectivity index (χ3v) is 2.10. The lowest BCUT2D eigenvalue weighted by molar-refractivity contribution is 0.280. The van der Waals surface area contributed by atoms with E-state index in [2.05, 4.69) is 0 Å². The van der Waals surface area contributed by atoms with Gasteiger partial charge < -0.3 is 21.1 Å². The largest absolute Gasteiger partial charge is 0.504 e. The van der Waals surface area contributed by atoms with E-state index in [1.54, 1.807) is 6.07 Å². The number of hydrogen-bond donors (Lipinski definition) is 4. The maximum atomic E-state index is 9.22. The summed E-state index contributed by atoms with van der Waals surface area (Å²) in [5.41, 5.74) is 6.55. The number of rotatable bonds is 4. The van der Waals surface area contributed by atoms with E-state index < -0.39 is 0 Å². The Morgan fingerprint density at radius 1 is 1.21 bits per heavy atom. The monoisotopic (exact) mass is 197 g/mol. The molecule has 1 rings (SSSR count). The first-order valence-corrected chi connectivity index (χ1v) is 4.53. The molecule has 0 aliphatic rings. The van der Waals surface area contributed by atoms with Crippen molar-refractivity contribution in [1.82, 2.24) is 0 Å². The molecular formula is C10H15NO3. The molecule has 1 aromatic rings. The Kier molecular flexibility index (Phi) is 3.73. The van der Waals surface area contributed by atoms with Gasteiger partial charge >= 0.3 is 0 Å². The molecule has 0 fully saturated rings. The van der Waals surface area contributed by atoms with Gasteiger partial charge in [-0.2, -0.15) is 0 Å². The van der Waals surface area contributed by atoms with E-state index >= 15 is 0 Å². The Balaban J connectivity index is 2.70. The van der Waals surface area contributed by atoms with Crippen LogP contribution < -0.4 is 5.73 Å². The van der Waals surface area contributed by atoms with Crippen molar-refractivity contribution in [1.29, 1.82) is 0 Å². The van der Waals surface area contributed by atoms with Gasteiger partial charge in [-0.1, -0.05) is 6.07 Å². The van der Waals surface area contributed by atoms with Crippen molar-refractivity contribution in [3.8, 4) is 11.5 Å². The first-order chi connectivity index (χ1) is 6.65. The molecule has 5 N–H and O–H groups in total. The Hall–Kier alpha value is -1.26. The van der Waals surface area contributed by atoms with E-state index in [1.807, 2.05) is 0 Å². The van der Waals surface area contributed by atoms with Gasteiger partial charge in [-0.25, -0.2) is 0 Å². The van der Waals surface area contributed by atoms with E-state index in [0.29, 0.717) is 12.8 Å². The molecule has 1 aromatic carbocycles. The lowest BCUT2D eigenvalue weighted by Gasteiger charge is -2.11. The summed E-state index contributed by atoms with van der Waals surface area (Å²) < 4.78 is 0. The van der Waals surface area contributed by atoms with Gasteiger partial charge in [0.1, 0.15) is 0 Å². The van der Waals surface area contributed by atoms with Gasteiger partial charge in [0.2, 0.25) is 0 Å². The van der Waals surface area contributed by atoms with Crippen LogP contribution in [0, 0.1) is 0 Å². The average Bonchev–Trinajstić information content (AvgIpc) is 2.18. The Labute approximate surface area is 82.6 Å². The van der Waals surface area contributed by atoms with Crippen LogP contribution in [0.2, 0.25) is 0 Å². The van der Waals surface area contributed by atoms with Gasteiger partial charge in [-0.15, -0.1) is 0 Å². The molecule has 1 atom stereocenters. The van der Waals surface area contributed by atoms with E-state index in [0.717, 1.165) is 5.56 Å². The Morgan fingerprint density at radius 2 is 1.93 bits per heavy atom. The van der Waals surface area contributed by atoms with Crippen LogP contribution >= 0.6 is 0 Å². The molecule has 0 heterocycles. The quantitative estimate of drug-likeness (QED) is 0.539. The first-order valence-electron chi connectivity index (χ1n) is 4.53. The number of aliphatic hydroxyl groups is 1. The smallest absolute Gasteiger partial charge is 0.157 e. The zero-order chi connectivity index (χ0) is 10.6. The zero-order valence-corrected chi connectivity index (χ0v) is 7.85. The first kappa shape index (κ1) is 10.8. The number of hydrogen-bond acceptors (Lipinski definition) is 4. The van der Waals surface area contributed by atoms with Crippen molar-refractivity contribution >= 4 is 0 Å². The van der Waals surface area contributed by atoms with Crippen LogP contribution in [0.3, 0.4) is 0 Å². The van der Waals surface area contributed by atoms with E-state index in [4.69, 9.17) is 15.9 Å². The van der Waals surface area contributed by atoms with Crippen molar-refractivity contribution in [3.63, 3.8) is 0 Å². The van der Waals surface area contributed by atoms with Gasteiger partial charge in [-0.05, 0) is 30.5 Å². The minimum atomic E-state index is -0.214. The topological polar surface area (TPSA) is 86.7 Å². The second-order valence-corrected chi connectivity index (χ2v) is 3.22. The SMILES string of the molecule is N[C@@H](CCCO)c1ccc(O)c(O)c1. The summed E-state index contributed by atoms with van der Waals surface area (Å²) in [5.74, 6) is -0.315. The Morgan fingerprint density at radius 3 is 2.50 bits per heavy atom. The number of nitrogens with two attached hydrogens (primary N) is 1. The van der Waals surface area contributed by atoms with Gasteiger partial charge in [0, 0.05) is 12.6 Å². The summed E-state index contributed by atoms with van der Waals surface area (Å²) in [4.78, 5) is 0. The normalized spacial score (nSPS) is 12.7. The highest BCUT2D eigenvalue weighted by Crippen LogP contribution is 2.28. The summed E-state index contributed by atoms with van der Waals surface area (Å²) in [6.45, 7) is 0.109. The molecule has 0 aromatic heterocycles. The average molecular weight is 197 g/mol. The molecule has 0 bridgehead atoms. The maximum Gasteiger partial charge on any atom is 0.157 e. The molecule has 0 unspecified atom stereocenters. The molecule has 4 heteroatoms. The van der Waals surface area contributed by atoms with Crippen molar-refractivity contribution in [3.05, 3.63) is 23.8 Å². The zero-order valence-electron chi connectivity index (χ0n) is 7.85. The second kappa shape index (κ2) is 4.83. The molecule has 14 heavy (non-hydrogen) atoms. The predicted molar refractivity (Wildman–Crippen MR) is 53.0 cm³/mol. The molecular weight excluding hydrogens is 182 g/mol. The highest BCUT2D eigenvalue weighted by molar-refractivity contribution is 5.41. The predicted octanol–water partition coefficient (Wildman–Crippen LogP) is 0.870. The van der Waals surface area contributed by atoms with E-state index in [1.165, 1.54) is 12.1 Å². The summed E-state index contributed by atoms with van der Waals surface area (Å²) in [7, 11) is 0. The number of aliphatic hydroxyl groups excluding tert-OH is 1. The molecule has 0 aliphatic carbocycles. The minimum Gasteiger partial charge on any atom is -0.504 e. The lowest BCUT2D eigenvalue weighted by Crippen LogP contribution is -2.10. The number of benzene rings is 1. The highest BCUT2D eigenvalue weighted by atomic mass is 16.3.